The maximum Gasteiger partial charge on any atom is 0.347 e. The lowest BCUT2D eigenvalue weighted by atomic mass is 10.0. The Balaban J connectivity index is 2.68. The number of benzene rings is 1. The van der Waals surface area contributed by atoms with Crippen molar-refractivity contribution in [1.82, 2.24) is 0 Å². The Bertz CT molecular complexity index is 556. The molecule has 23 heavy (non-hydrogen) atoms. The molecule has 0 bridgehead atoms. The molecule has 7 nitrogen and oxygen atoms in total. The molecule has 0 aliphatic carbocycles. The summed E-state index contributed by atoms with van der Waals surface area (Å²) in [7, 11) is 0. The van der Waals surface area contributed by atoms with Gasteiger partial charge in [-0.15, -0.1) is 0 Å². The van der Waals surface area contributed by atoms with Gasteiger partial charge in [-0.25, -0.2) is 4.79 Å². The molecule has 0 spiro atoms. The van der Waals surface area contributed by atoms with Crippen molar-refractivity contribution in [2.75, 3.05) is 13.2 Å². The van der Waals surface area contributed by atoms with Gasteiger partial charge in [0.1, 0.15) is 0 Å². The molecule has 0 fully saturated rings. The number of ether oxygens (including phenoxy) is 2. The number of carbonyl (C=O) groups is 2. The second-order valence-electron chi connectivity index (χ2n) is 4.91. The molecule has 0 unspecified atom stereocenters. The van der Waals surface area contributed by atoms with E-state index in [1.54, 1.807) is 13.8 Å². The number of nitrogens with zero attached hydrogens (tertiary/aromatic N) is 3. The van der Waals surface area contributed by atoms with Gasteiger partial charge in [-0.3, -0.25) is 4.79 Å². The number of esters is 2. The summed E-state index contributed by atoms with van der Waals surface area (Å²) in [4.78, 5) is 26.8. The Morgan fingerprint density at radius 1 is 1.26 bits per heavy atom. The van der Waals surface area contributed by atoms with Crippen LogP contribution < -0.4 is 0 Å². The summed E-state index contributed by atoms with van der Waals surface area (Å²) < 4.78 is 10.2. The van der Waals surface area contributed by atoms with E-state index in [1.165, 1.54) is 0 Å². The molecule has 0 heterocycles. The Kier molecular flexibility index (Phi) is 8.24. The number of rotatable bonds is 9. The van der Waals surface area contributed by atoms with Gasteiger partial charge in [-0.2, -0.15) is 0 Å². The van der Waals surface area contributed by atoms with Crippen LogP contribution in [0.1, 0.15) is 38.2 Å². The van der Waals surface area contributed by atoms with Gasteiger partial charge in [0, 0.05) is 11.5 Å². The van der Waals surface area contributed by atoms with Gasteiger partial charge < -0.3 is 9.47 Å². The maximum atomic E-state index is 12.2. The average molecular weight is 319 g/mol. The Hall–Kier alpha value is -2.53. The van der Waals surface area contributed by atoms with E-state index in [9.17, 15) is 9.59 Å². The van der Waals surface area contributed by atoms with Gasteiger partial charge in [0.15, 0.2) is 6.10 Å². The van der Waals surface area contributed by atoms with Crippen LogP contribution in [0.5, 0.6) is 0 Å². The maximum absolute atomic E-state index is 12.2. The Labute approximate surface area is 135 Å². The molecule has 0 amide bonds. The van der Waals surface area contributed by atoms with Crippen molar-refractivity contribution in [2.24, 2.45) is 5.11 Å². The molecule has 2 atom stereocenters. The van der Waals surface area contributed by atoms with Crippen LogP contribution >= 0.6 is 0 Å². The quantitative estimate of drug-likeness (QED) is 0.229. The predicted octanol–water partition coefficient (Wildman–Crippen LogP) is 3.36. The number of carbonyl (C=O) groups excluding carboxylic acids is 2. The largest absolute Gasteiger partial charge is 0.463 e. The molecule has 0 aliphatic rings. The third kappa shape index (κ3) is 6.40. The van der Waals surface area contributed by atoms with Gasteiger partial charge >= 0.3 is 11.9 Å². The summed E-state index contributed by atoms with van der Waals surface area (Å²) in [5.74, 6) is -1.55. The molecule has 1 rings (SSSR count). The lowest BCUT2D eigenvalue weighted by Gasteiger charge is -2.19. The second-order valence-corrected chi connectivity index (χ2v) is 4.91. The van der Waals surface area contributed by atoms with Gasteiger partial charge in [0.2, 0.25) is 0 Å². The first kappa shape index (κ1) is 18.5. The number of hydrogen-bond donors (Lipinski definition) is 0. The molecule has 0 aliphatic heterocycles. The van der Waals surface area contributed by atoms with Crippen LogP contribution in [-0.2, 0) is 19.1 Å². The number of azide groups is 1. The van der Waals surface area contributed by atoms with Crippen LogP contribution in [0.2, 0.25) is 0 Å². The van der Waals surface area contributed by atoms with Crippen LogP contribution in [0, 0.1) is 0 Å². The van der Waals surface area contributed by atoms with Crippen LogP contribution in [0.4, 0.5) is 0 Å². The van der Waals surface area contributed by atoms with Crippen molar-refractivity contribution in [3.05, 3.63) is 46.3 Å². The van der Waals surface area contributed by atoms with Crippen molar-refractivity contribution in [1.29, 1.82) is 0 Å². The second kappa shape index (κ2) is 10.2. The van der Waals surface area contributed by atoms with Gasteiger partial charge in [-0.05, 0) is 37.8 Å². The minimum atomic E-state index is -0.984. The predicted molar refractivity (Wildman–Crippen MR) is 84.6 cm³/mol. The highest BCUT2D eigenvalue weighted by atomic mass is 16.6. The monoisotopic (exact) mass is 319 g/mol. The first-order valence-corrected chi connectivity index (χ1v) is 7.53. The highest BCUT2D eigenvalue weighted by molar-refractivity contribution is 5.82. The van der Waals surface area contributed by atoms with E-state index >= 15 is 0 Å². The summed E-state index contributed by atoms with van der Waals surface area (Å²) in [6, 6.07) is 9.18. The van der Waals surface area contributed by atoms with Gasteiger partial charge in [-0.1, -0.05) is 35.4 Å². The zero-order valence-electron chi connectivity index (χ0n) is 13.3. The van der Waals surface area contributed by atoms with Crippen LogP contribution in [0.25, 0.3) is 10.4 Å². The first-order chi connectivity index (χ1) is 11.1. The average Bonchev–Trinajstić information content (AvgIpc) is 2.57. The fraction of sp³-hybridized carbons (Fsp3) is 0.500. The standard InChI is InChI=1S/C16H21N3O4/c1-3-22-16(21)14(10-7-11-18-19-17)23-15(20)12(2)13-8-5-4-6-9-13/h4-6,8-9,12,14H,3,7,10-11H2,1-2H3/t12-,14+/m0/s1. The summed E-state index contributed by atoms with van der Waals surface area (Å²) in [5, 5.41) is 3.40. The third-order valence-electron chi connectivity index (χ3n) is 3.25. The molecular formula is C16H21N3O4. The highest BCUT2D eigenvalue weighted by Gasteiger charge is 2.27. The summed E-state index contributed by atoms with van der Waals surface area (Å²) >= 11 is 0. The molecule has 124 valence electrons. The topological polar surface area (TPSA) is 101 Å². The minimum Gasteiger partial charge on any atom is -0.463 e. The smallest absolute Gasteiger partial charge is 0.347 e. The molecular weight excluding hydrogens is 298 g/mol. The van der Waals surface area contributed by atoms with Crippen molar-refractivity contribution < 1.29 is 19.1 Å². The normalized spacial score (nSPS) is 12.6. The minimum absolute atomic E-state index is 0.206. The SMILES string of the molecule is CCOC(=O)[C@@H](CCCN=[N+]=[N-])OC(=O)[C@@H](C)c1ccccc1. The van der Waals surface area contributed by atoms with Crippen molar-refractivity contribution >= 4 is 11.9 Å². The van der Waals surface area contributed by atoms with E-state index in [0.717, 1.165) is 5.56 Å². The fourth-order valence-electron chi connectivity index (χ4n) is 1.97. The molecule has 0 radical (unpaired) electrons. The molecule has 0 saturated heterocycles. The summed E-state index contributed by atoms with van der Waals surface area (Å²) in [6.07, 6.45) is -0.298. The molecule has 7 heteroatoms. The van der Waals surface area contributed by atoms with Gasteiger partial charge in [0.05, 0.1) is 12.5 Å². The van der Waals surface area contributed by atoms with E-state index in [2.05, 4.69) is 10.0 Å². The molecule has 1 aromatic rings. The van der Waals surface area contributed by atoms with E-state index in [0.29, 0.717) is 6.42 Å². The van der Waals surface area contributed by atoms with Crippen LogP contribution in [-0.4, -0.2) is 31.2 Å². The lowest BCUT2D eigenvalue weighted by Crippen LogP contribution is -2.31. The molecule has 0 aromatic heterocycles. The zero-order valence-corrected chi connectivity index (χ0v) is 13.3. The Morgan fingerprint density at radius 2 is 1.96 bits per heavy atom. The van der Waals surface area contributed by atoms with Crippen molar-refractivity contribution in [3.63, 3.8) is 0 Å². The summed E-state index contributed by atoms with van der Waals surface area (Å²) in [5.41, 5.74) is 9.06. The van der Waals surface area contributed by atoms with E-state index in [-0.39, 0.29) is 19.6 Å². The third-order valence-corrected chi connectivity index (χ3v) is 3.25. The number of hydrogen-bond acceptors (Lipinski definition) is 5. The highest BCUT2D eigenvalue weighted by Crippen LogP contribution is 2.18. The van der Waals surface area contributed by atoms with Crippen molar-refractivity contribution in [3.8, 4) is 0 Å². The van der Waals surface area contributed by atoms with Gasteiger partial charge in [0.25, 0.3) is 0 Å². The molecule has 0 saturated carbocycles. The van der Waals surface area contributed by atoms with Crippen molar-refractivity contribution in [2.45, 2.75) is 38.7 Å². The van der Waals surface area contributed by atoms with E-state index in [1.807, 2.05) is 30.3 Å². The summed E-state index contributed by atoms with van der Waals surface area (Å²) in [6.45, 7) is 3.85. The molecule has 1 aromatic carbocycles. The molecule has 0 N–H and O–H groups in total. The zero-order chi connectivity index (χ0) is 17.1. The lowest BCUT2D eigenvalue weighted by molar-refractivity contribution is -0.168. The van der Waals surface area contributed by atoms with Crippen LogP contribution in [0.3, 0.4) is 0 Å². The first-order valence-electron chi connectivity index (χ1n) is 7.53. The Morgan fingerprint density at radius 3 is 2.57 bits per heavy atom. The fourth-order valence-corrected chi connectivity index (χ4v) is 1.97. The van der Waals surface area contributed by atoms with E-state index in [4.69, 9.17) is 15.0 Å². The van der Waals surface area contributed by atoms with Crippen LogP contribution in [0.15, 0.2) is 35.4 Å². The van der Waals surface area contributed by atoms with E-state index < -0.39 is 24.0 Å².